The summed E-state index contributed by atoms with van der Waals surface area (Å²) >= 11 is 0. The fraction of sp³-hybridized carbons (Fsp3) is 0.208. The minimum atomic E-state index is 0. The normalized spacial score (nSPS) is 11.1. The van der Waals surface area contributed by atoms with E-state index in [1.165, 1.54) is 5.56 Å². The fourth-order valence-electron chi connectivity index (χ4n) is 3.21. The molecule has 0 fully saturated rings. The highest BCUT2D eigenvalue weighted by molar-refractivity contribution is 14.0. The first-order valence-electron chi connectivity index (χ1n) is 10.3. The number of pyridine rings is 1. The molecule has 0 bridgehead atoms. The second-order valence-electron chi connectivity index (χ2n) is 7.07. The molecule has 4 aromatic rings. The molecule has 2 heterocycles. The third-order valence-electron chi connectivity index (χ3n) is 4.90. The van der Waals surface area contributed by atoms with Crippen LogP contribution in [0.4, 0.5) is 0 Å². The SMILES string of the molecule is CN=C(NCCc1ccc(OCc2ccccc2)cc1)NCc1nnc2ccccn12.I. The van der Waals surface area contributed by atoms with Gasteiger partial charge in [0.1, 0.15) is 12.4 Å². The summed E-state index contributed by atoms with van der Waals surface area (Å²) in [6.07, 6.45) is 2.84. The van der Waals surface area contributed by atoms with E-state index in [-0.39, 0.29) is 24.0 Å². The van der Waals surface area contributed by atoms with Crippen molar-refractivity contribution in [2.24, 2.45) is 4.99 Å². The Labute approximate surface area is 205 Å². The average molecular weight is 542 g/mol. The van der Waals surface area contributed by atoms with Crippen LogP contribution in [0, 0.1) is 0 Å². The van der Waals surface area contributed by atoms with Gasteiger partial charge in [-0.1, -0.05) is 48.5 Å². The lowest BCUT2D eigenvalue weighted by Crippen LogP contribution is -2.38. The van der Waals surface area contributed by atoms with Gasteiger partial charge < -0.3 is 15.4 Å². The van der Waals surface area contributed by atoms with Crippen molar-refractivity contribution < 1.29 is 4.74 Å². The molecule has 166 valence electrons. The smallest absolute Gasteiger partial charge is 0.191 e. The maximum atomic E-state index is 5.85. The van der Waals surface area contributed by atoms with Crippen molar-refractivity contribution in [1.29, 1.82) is 0 Å². The lowest BCUT2D eigenvalue weighted by molar-refractivity contribution is 0.306. The molecule has 7 nitrogen and oxygen atoms in total. The first-order valence-corrected chi connectivity index (χ1v) is 10.3. The quantitative estimate of drug-likeness (QED) is 0.201. The van der Waals surface area contributed by atoms with Crippen LogP contribution in [-0.2, 0) is 19.6 Å². The van der Waals surface area contributed by atoms with Crippen molar-refractivity contribution in [3.8, 4) is 5.75 Å². The molecule has 0 spiro atoms. The highest BCUT2D eigenvalue weighted by Crippen LogP contribution is 2.14. The Morgan fingerprint density at radius 1 is 0.906 bits per heavy atom. The van der Waals surface area contributed by atoms with Crippen molar-refractivity contribution in [2.45, 2.75) is 19.6 Å². The third-order valence-corrected chi connectivity index (χ3v) is 4.90. The summed E-state index contributed by atoms with van der Waals surface area (Å²) < 4.78 is 7.81. The van der Waals surface area contributed by atoms with Gasteiger partial charge in [0.05, 0.1) is 6.54 Å². The molecule has 0 saturated carbocycles. The van der Waals surface area contributed by atoms with Crippen LogP contribution < -0.4 is 15.4 Å². The van der Waals surface area contributed by atoms with Gasteiger partial charge in [0.2, 0.25) is 0 Å². The van der Waals surface area contributed by atoms with Crippen LogP contribution >= 0.6 is 24.0 Å². The number of hydrogen-bond acceptors (Lipinski definition) is 4. The summed E-state index contributed by atoms with van der Waals surface area (Å²) in [5, 5.41) is 15.0. The van der Waals surface area contributed by atoms with Gasteiger partial charge in [-0.15, -0.1) is 34.2 Å². The van der Waals surface area contributed by atoms with E-state index in [1.54, 1.807) is 7.05 Å². The summed E-state index contributed by atoms with van der Waals surface area (Å²) in [6.45, 7) is 1.88. The van der Waals surface area contributed by atoms with Crippen LogP contribution in [0.15, 0.2) is 84.0 Å². The molecule has 0 atom stereocenters. The minimum absolute atomic E-state index is 0. The van der Waals surface area contributed by atoms with Gasteiger partial charge in [-0.05, 0) is 41.8 Å². The first-order chi connectivity index (χ1) is 15.3. The third kappa shape index (κ3) is 6.43. The number of aromatic nitrogens is 3. The molecular weight excluding hydrogens is 515 g/mol. The van der Waals surface area contributed by atoms with Crippen LogP contribution in [0.2, 0.25) is 0 Å². The van der Waals surface area contributed by atoms with E-state index in [9.17, 15) is 0 Å². The standard InChI is InChI=1S/C24H26N6O.HI/c1-25-24(27-17-23-29-28-22-9-5-6-16-30(22)23)26-15-14-19-10-12-21(13-11-19)31-18-20-7-3-2-4-8-20;/h2-13,16H,14-15,17-18H2,1H3,(H2,25,26,27);1H. The van der Waals surface area contributed by atoms with Crippen molar-refractivity contribution in [3.05, 3.63) is 95.9 Å². The maximum absolute atomic E-state index is 5.85. The molecule has 8 heteroatoms. The molecule has 4 rings (SSSR count). The average Bonchev–Trinajstić information content (AvgIpc) is 3.24. The van der Waals surface area contributed by atoms with Gasteiger partial charge in [-0.25, -0.2) is 0 Å². The van der Waals surface area contributed by atoms with Crippen LogP contribution in [0.1, 0.15) is 17.0 Å². The minimum Gasteiger partial charge on any atom is -0.489 e. The van der Waals surface area contributed by atoms with E-state index in [2.05, 4.69) is 50.1 Å². The molecular formula is C24H27IN6O. The summed E-state index contributed by atoms with van der Waals surface area (Å²) in [5.74, 6) is 2.44. The van der Waals surface area contributed by atoms with E-state index in [0.29, 0.717) is 13.2 Å². The number of hydrogen-bond donors (Lipinski definition) is 2. The van der Waals surface area contributed by atoms with Crippen LogP contribution in [0.5, 0.6) is 5.75 Å². The molecule has 0 unspecified atom stereocenters. The van der Waals surface area contributed by atoms with E-state index < -0.39 is 0 Å². The summed E-state index contributed by atoms with van der Waals surface area (Å²) in [7, 11) is 1.76. The number of ether oxygens (including phenoxy) is 1. The van der Waals surface area contributed by atoms with Gasteiger partial charge in [0.15, 0.2) is 17.4 Å². The second kappa shape index (κ2) is 12.0. The summed E-state index contributed by atoms with van der Waals surface area (Å²) in [4.78, 5) is 4.28. The summed E-state index contributed by atoms with van der Waals surface area (Å²) in [6, 6.07) is 24.2. The van der Waals surface area contributed by atoms with Gasteiger partial charge in [-0.3, -0.25) is 9.39 Å². The molecule has 32 heavy (non-hydrogen) atoms. The van der Waals surface area contributed by atoms with Gasteiger partial charge >= 0.3 is 0 Å². The number of rotatable bonds is 8. The predicted octanol–water partition coefficient (Wildman–Crippen LogP) is 3.83. The first kappa shape index (κ1) is 23.5. The topological polar surface area (TPSA) is 75.8 Å². The summed E-state index contributed by atoms with van der Waals surface area (Å²) in [5.41, 5.74) is 3.23. The van der Waals surface area contributed by atoms with Gasteiger partial charge in [0.25, 0.3) is 0 Å². The lowest BCUT2D eigenvalue weighted by atomic mass is 10.1. The van der Waals surface area contributed by atoms with Crippen LogP contribution in [0.25, 0.3) is 5.65 Å². The Morgan fingerprint density at radius 2 is 1.69 bits per heavy atom. The van der Waals surface area contributed by atoms with E-state index in [1.807, 2.05) is 59.1 Å². The number of aliphatic imine (C=N–C) groups is 1. The largest absolute Gasteiger partial charge is 0.489 e. The Kier molecular flexibility index (Phi) is 8.85. The van der Waals surface area contributed by atoms with Crippen molar-refractivity contribution in [2.75, 3.05) is 13.6 Å². The Bertz CT molecular complexity index is 1130. The molecule has 2 N–H and O–H groups in total. The zero-order chi connectivity index (χ0) is 21.3. The Hall–Kier alpha value is -3.14. The number of fused-ring (bicyclic) bond motifs is 1. The van der Waals surface area contributed by atoms with Gasteiger partial charge in [0, 0.05) is 19.8 Å². The van der Waals surface area contributed by atoms with Crippen molar-refractivity contribution >= 4 is 35.6 Å². The monoisotopic (exact) mass is 542 g/mol. The molecule has 0 aliphatic rings. The number of guanidine groups is 1. The number of benzene rings is 2. The maximum Gasteiger partial charge on any atom is 0.191 e. The van der Waals surface area contributed by atoms with Crippen LogP contribution in [-0.4, -0.2) is 34.2 Å². The molecule has 0 aliphatic heterocycles. The van der Waals surface area contributed by atoms with Crippen LogP contribution in [0.3, 0.4) is 0 Å². The van der Waals surface area contributed by atoms with Gasteiger partial charge in [-0.2, -0.15) is 0 Å². The van der Waals surface area contributed by atoms with E-state index in [4.69, 9.17) is 4.74 Å². The highest BCUT2D eigenvalue weighted by atomic mass is 127. The lowest BCUT2D eigenvalue weighted by Gasteiger charge is -2.12. The second-order valence-corrected chi connectivity index (χ2v) is 7.07. The molecule has 2 aromatic carbocycles. The Morgan fingerprint density at radius 3 is 2.47 bits per heavy atom. The van der Waals surface area contributed by atoms with Crippen molar-refractivity contribution in [3.63, 3.8) is 0 Å². The number of halogens is 1. The molecule has 0 saturated heterocycles. The zero-order valence-electron chi connectivity index (χ0n) is 17.9. The van der Waals surface area contributed by atoms with E-state index in [0.717, 1.165) is 41.7 Å². The highest BCUT2D eigenvalue weighted by Gasteiger charge is 2.05. The molecule has 0 radical (unpaired) electrons. The number of nitrogens with zero attached hydrogens (tertiary/aromatic N) is 4. The molecule has 0 amide bonds. The molecule has 2 aromatic heterocycles. The fourth-order valence-corrected chi connectivity index (χ4v) is 3.21. The zero-order valence-corrected chi connectivity index (χ0v) is 20.3. The molecule has 0 aliphatic carbocycles. The predicted molar refractivity (Wildman–Crippen MR) is 138 cm³/mol. The van der Waals surface area contributed by atoms with E-state index >= 15 is 0 Å². The number of nitrogens with one attached hydrogen (secondary N) is 2. The van der Waals surface area contributed by atoms with Crippen molar-refractivity contribution in [1.82, 2.24) is 25.2 Å². The Balaban J connectivity index is 0.00000289.